The minimum Gasteiger partial charge on any atom is -0.231 e. The average Bonchev–Trinajstić information content (AvgIpc) is 2.52. The summed E-state index contributed by atoms with van der Waals surface area (Å²) in [5.74, 6) is 0.248. The fraction of sp³-hybridized carbons (Fsp3) is 0.286. The van der Waals surface area contributed by atoms with Gasteiger partial charge in [0, 0.05) is 26.0 Å². The van der Waals surface area contributed by atoms with Gasteiger partial charge < -0.3 is 0 Å². The quantitative estimate of drug-likeness (QED) is 0.592. The fourth-order valence-electron chi connectivity index (χ4n) is 1.72. The highest BCUT2D eigenvalue weighted by atomic mass is 32.2. The summed E-state index contributed by atoms with van der Waals surface area (Å²) in [6.45, 7) is 0. The second kappa shape index (κ2) is 7.08. The van der Waals surface area contributed by atoms with Gasteiger partial charge >= 0.3 is 6.18 Å². The largest absolute Gasteiger partial charge is 0.433 e. The molecule has 5 nitrogen and oxygen atoms in total. The molecule has 0 aliphatic carbocycles. The summed E-state index contributed by atoms with van der Waals surface area (Å²) in [6.07, 6.45) is -3.48. The Hall–Kier alpha value is -1.65. The van der Waals surface area contributed by atoms with Crippen LogP contribution in [0.5, 0.6) is 0 Å². The molecule has 1 aromatic carbocycles. The van der Waals surface area contributed by atoms with Gasteiger partial charge in [-0.05, 0) is 23.8 Å². The summed E-state index contributed by atoms with van der Waals surface area (Å²) in [6, 6.07) is 7.02. The van der Waals surface area contributed by atoms with E-state index in [0.29, 0.717) is 5.56 Å². The molecule has 0 radical (unpaired) electrons. The molecule has 2 rings (SSSR count). The van der Waals surface area contributed by atoms with Crippen LogP contribution in [0.25, 0.3) is 0 Å². The van der Waals surface area contributed by atoms with Gasteiger partial charge in [-0.3, -0.25) is 0 Å². The van der Waals surface area contributed by atoms with Crippen molar-refractivity contribution in [2.75, 3.05) is 14.1 Å². The van der Waals surface area contributed by atoms with Crippen LogP contribution in [0, 0.1) is 0 Å². The minimum atomic E-state index is -4.53. The van der Waals surface area contributed by atoms with E-state index in [1.807, 2.05) is 0 Å². The third-order valence-electron chi connectivity index (χ3n) is 2.97. The normalized spacial score (nSPS) is 12.6. The second-order valence-corrected chi connectivity index (χ2v) is 8.04. The van der Waals surface area contributed by atoms with Crippen LogP contribution in [-0.2, 0) is 22.0 Å². The molecule has 0 saturated heterocycles. The molecule has 1 heterocycles. The molecule has 0 N–H and O–H groups in total. The molecule has 24 heavy (non-hydrogen) atoms. The Balaban J connectivity index is 2.16. The first-order chi connectivity index (χ1) is 11.1. The van der Waals surface area contributed by atoms with E-state index in [-0.39, 0.29) is 15.8 Å². The standard InChI is InChI=1S/C14H14F3N3O2S2/c1-20(2)24(21,22)11-5-3-4-10(8-11)9-23-13-18-7-6-12(19-13)14(15,16)17/h3-8H,9H2,1-2H3. The molecule has 0 fully saturated rings. The van der Waals surface area contributed by atoms with Crippen molar-refractivity contribution in [2.45, 2.75) is 22.0 Å². The van der Waals surface area contributed by atoms with Gasteiger partial charge in [-0.1, -0.05) is 23.9 Å². The van der Waals surface area contributed by atoms with E-state index in [1.54, 1.807) is 12.1 Å². The maximum atomic E-state index is 12.6. The van der Waals surface area contributed by atoms with Crippen LogP contribution in [-0.4, -0.2) is 36.8 Å². The van der Waals surface area contributed by atoms with E-state index in [9.17, 15) is 21.6 Å². The van der Waals surface area contributed by atoms with Crippen molar-refractivity contribution in [2.24, 2.45) is 0 Å². The van der Waals surface area contributed by atoms with Crippen molar-refractivity contribution in [1.82, 2.24) is 14.3 Å². The van der Waals surface area contributed by atoms with Gasteiger partial charge in [0.05, 0.1) is 4.90 Å². The van der Waals surface area contributed by atoms with E-state index < -0.39 is 21.9 Å². The Bertz CT molecular complexity index is 824. The highest BCUT2D eigenvalue weighted by Gasteiger charge is 2.32. The number of rotatable bonds is 5. The first-order valence-corrected chi connectivity index (χ1v) is 9.08. The fourth-order valence-corrected chi connectivity index (χ4v) is 3.47. The van der Waals surface area contributed by atoms with Gasteiger partial charge in [0.15, 0.2) is 5.16 Å². The zero-order valence-corrected chi connectivity index (χ0v) is 14.4. The summed E-state index contributed by atoms with van der Waals surface area (Å²) in [5, 5.41) is -0.0225. The molecule has 0 aliphatic rings. The van der Waals surface area contributed by atoms with Gasteiger partial charge in [-0.25, -0.2) is 22.7 Å². The van der Waals surface area contributed by atoms with Gasteiger partial charge in [-0.2, -0.15) is 13.2 Å². The number of hydrogen-bond acceptors (Lipinski definition) is 5. The number of halogens is 3. The smallest absolute Gasteiger partial charge is 0.231 e. The lowest BCUT2D eigenvalue weighted by atomic mass is 10.2. The lowest BCUT2D eigenvalue weighted by Crippen LogP contribution is -2.22. The summed E-state index contributed by atoms with van der Waals surface area (Å²) in [5.41, 5.74) is -0.368. The first-order valence-electron chi connectivity index (χ1n) is 6.65. The molecule has 0 bridgehead atoms. The monoisotopic (exact) mass is 377 g/mol. The summed E-state index contributed by atoms with van der Waals surface area (Å²) in [4.78, 5) is 7.37. The van der Waals surface area contributed by atoms with Crippen molar-refractivity contribution >= 4 is 21.8 Å². The molecule has 0 spiro atoms. The van der Waals surface area contributed by atoms with Crippen molar-refractivity contribution in [3.05, 3.63) is 47.8 Å². The van der Waals surface area contributed by atoms with Crippen molar-refractivity contribution in [3.63, 3.8) is 0 Å². The van der Waals surface area contributed by atoms with Crippen LogP contribution in [0.4, 0.5) is 13.2 Å². The van der Waals surface area contributed by atoms with Crippen LogP contribution in [0.15, 0.2) is 46.6 Å². The zero-order valence-electron chi connectivity index (χ0n) is 12.8. The minimum absolute atomic E-state index is 0.0225. The van der Waals surface area contributed by atoms with Crippen LogP contribution < -0.4 is 0 Å². The van der Waals surface area contributed by atoms with Crippen LogP contribution >= 0.6 is 11.8 Å². The van der Waals surface area contributed by atoms with E-state index in [1.165, 1.54) is 26.2 Å². The average molecular weight is 377 g/mol. The first kappa shape index (κ1) is 18.7. The highest BCUT2D eigenvalue weighted by molar-refractivity contribution is 7.98. The van der Waals surface area contributed by atoms with Crippen LogP contribution in [0.1, 0.15) is 11.3 Å². The number of sulfonamides is 1. The zero-order chi connectivity index (χ0) is 18.0. The van der Waals surface area contributed by atoms with E-state index in [0.717, 1.165) is 28.3 Å². The molecule has 0 amide bonds. The molecule has 0 saturated carbocycles. The number of thioether (sulfide) groups is 1. The van der Waals surface area contributed by atoms with Gasteiger partial charge in [0.2, 0.25) is 10.0 Å². The van der Waals surface area contributed by atoms with E-state index in [4.69, 9.17) is 0 Å². The summed E-state index contributed by atoms with van der Waals surface area (Å²) < 4.78 is 63.1. The van der Waals surface area contributed by atoms with Crippen molar-refractivity contribution in [1.29, 1.82) is 0 Å². The van der Waals surface area contributed by atoms with Crippen LogP contribution in [0.2, 0.25) is 0 Å². The van der Waals surface area contributed by atoms with Gasteiger partial charge in [-0.15, -0.1) is 0 Å². The molecule has 0 unspecified atom stereocenters. The number of nitrogens with zero attached hydrogens (tertiary/aromatic N) is 3. The second-order valence-electron chi connectivity index (χ2n) is 4.95. The molecule has 0 aliphatic heterocycles. The molecule has 0 atom stereocenters. The Labute approximate surface area is 142 Å². The molecular weight excluding hydrogens is 363 g/mol. The third-order valence-corrected chi connectivity index (χ3v) is 5.71. The third kappa shape index (κ3) is 4.46. The predicted molar refractivity (Wildman–Crippen MR) is 83.9 cm³/mol. The summed E-state index contributed by atoms with van der Waals surface area (Å²) >= 11 is 1.00. The lowest BCUT2D eigenvalue weighted by molar-refractivity contribution is -0.141. The molecule has 2 aromatic rings. The van der Waals surface area contributed by atoms with E-state index in [2.05, 4.69) is 9.97 Å². The molecule has 1 aromatic heterocycles. The predicted octanol–water partition coefficient (Wildman–Crippen LogP) is 3.04. The maximum Gasteiger partial charge on any atom is 0.433 e. The highest BCUT2D eigenvalue weighted by Crippen LogP contribution is 2.29. The van der Waals surface area contributed by atoms with Gasteiger partial charge in [0.25, 0.3) is 0 Å². The number of aromatic nitrogens is 2. The Kier molecular flexibility index (Phi) is 5.51. The topological polar surface area (TPSA) is 63.2 Å². The van der Waals surface area contributed by atoms with Crippen molar-refractivity contribution < 1.29 is 21.6 Å². The molecular formula is C14H14F3N3O2S2. The van der Waals surface area contributed by atoms with Crippen molar-refractivity contribution in [3.8, 4) is 0 Å². The SMILES string of the molecule is CN(C)S(=O)(=O)c1cccc(CSc2nccc(C(F)(F)F)n2)c1. The molecule has 10 heteroatoms. The molecule has 130 valence electrons. The Morgan fingerprint density at radius 3 is 2.54 bits per heavy atom. The number of alkyl halides is 3. The number of hydrogen-bond donors (Lipinski definition) is 0. The van der Waals surface area contributed by atoms with E-state index >= 15 is 0 Å². The lowest BCUT2D eigenvalue weighted by Gasteiger charge is -2.12. The maximum absolute atomic E-state index is 12.6. The number of benzene rings is 1. The Morgan fingerprint density at radius 1 is 1.21 bits per heavy atom. The Morgan fingerprint density at radius 2 is 1.92 bits per heavy atom. The van der Waals surface area contributed by atoms with Gasteiger partial charge in [0.1, 0.15) is 5.69 Å². The van der Waals surface area contributed by atoms with Crippen LogP contribution in [0.3, 0.4) is 0 Å². The summed E-state index contributed by atoms with van der Waals surface area (Å²) in [7, 11) is -0.717.